The maximum absolute atomic E-state index is 6.26. The van der Waals surface area contributed by atoms with Gasteiger partial charge >= 0.3 is 8.80 Å². The Bertz CT molecular complexity index is 385. The van der Waals surface area contributed by atoms with E-state index in [0.29, 0.717) is 19.8 Å². The van der Waals surface area contributed by atoms with E-state index in [1.54, 1.807) is 0 Å². The second kappa shape index (κ2) is 12.1. The normalized spacial score (nSPS) is 11.8. The Balaban J connectivity index is 2.95. The van der Waals surface area contributed by atoms with Crippen LogP contribution in [-0.4, -0.2) is 28.6 Å². The predicted molar refractivity (Wildman–Crippen MR) is 102 cm³/mol. The molecule has 0 amide bonds. The van der Waals surface area contributed by atoms with Crippen molar-refractivity contribution >= 4 is 26.6 Å². The first-order chi connectivity index (χ1) is 11.2. The number of thiol groups is 1. The van der Waals surface area contributed by atoms with Gasteiger partial charge in [-0.3, -0.25) is 0 Å². The molecule has 23 heavy (non-hydrogen) atoms. The van der Waals surface area contributed by atoms with Crippen LogP contribution in [0, 0.1) is 0 Å². The van der Waals surface area contributed by atoms with E-state index in [0.717, 1.165) is 48.6 Å². The zero-order chi connectivity index (χ0) is 17.0. The van der Waals surface area contributed by atoms with Gasteiger partial charge in [-0.2, -0.15) is 0 Å². The molecule has 0 aliphatic heterocycles. The monoisotopic (exact) mass is 356 g/mol. The van der Waals surface area contributed by atoms with Gasteiger partial charge in [0.05, 0.1) is 0 Å². The molecule has 3 nitrogen and oxygen atoms in total. The molecule has 0 N–H and O–H groups in total. The number of unbranched alkanes of at least 4 members (excludes halogenated alkanes) is 3. The molecule has 132 valence electrons. The van der Waals surface area contributed by atoms with Crippen molar-refractivity contribution in [2.24, 2.45) is 0 Å². The largest absolute Gasteiger partial charge is 0.537 e. The van der Waals surface area contributed by atoms with E-state index < -0.39 is 8.80 Å². The number of hydrogen-bond donors (Lipinski definition) is 1. The molecule has 0 aliphatic carbocycles. The molecular weight excluding hydrogens is 324 g/mol. The van der Waals surface area contributed by atoms with Gasteiger partial charge in [0, 0.05) is 29.9 Å². The summed E-state index contributed by atoms with van der Waals surface area (Å²) in [7, 11) is -2.84. The lowest BCUT2D eigenvalue weighted by Crippen LogP contribution is -2.57. The Kier molecular flexibility index (Phi) is 10.9. The zero-order valence-electron chi connectivity index (χ0n) is 14.8. The van der Waals surface area contributed by atoms with Crippen molar-refractivity contribution in [2.45, 2.75) is 64.2 Å². The average molecular weight is 357 g/mol. The molecule has 5 heteroatoms. The first kappa shape index (κ1) is 20.7. The van der Waals surface area contributed by atoms with Gasteiger partial charge in [-0.15, -0.1) is 12.6 Å². The lowest BCUT2D eigenvalue weighted by atomic mass is 10.4. The van der Waals surface area contributed by atoms with Crippen molar-refractivity contribution in [3.8, 4) is 0 Å². The Morgan fingerprint density at radius 3 is 1.48 bits per heavy atom. The average Bonchev–Trinajstić information content (AvgIpc) is 2.56. The summed E-state index contributed by atoms with van der Waals surface area (Å²) in [6.07, 6.45) is 6.37. The van der Waals surface area contributed by atoms with Crippen LogP contribution in [0.25, 0.3) is 0 Å². The highest BCUT2D eigenvalue weighted by molar-refractivity contribution is 7.80. The second-order valence-electron chi connectivity index (χ2n) is 5.71. The Labute approximate surface area is 148 Å². The van der Waals surface area contributed by atoms with Crippen LogP contribution < -0.4 is 5.19 Å². The van der Waals surface area contributed by atoms with E-state index >= 15 is 0 Å². The van der Waals surface area contributed by atoms with Gasteiger partial charge in [0.15, 0.2) is 0 Å². The number of hydrogen-bond acceptors (Lipinski definition) is 4. The molecular formula is C18H32O3SSi. The standard InChI is InChI=1S/C18H32O3SSi/c1-4-7-14-19-23(20-15-8-5-2,21-16-9-6-3)18-12-10-17(22)11-13-18/h10-13,22H,4-9,14-16H2,1-3H3. The lowest BCUT2D eigenvalue weighted by molar-refractivity contribution is 0.0700. The molecule has 0 unspecified atom stereocenters. The first-order valence-electron chi connectivity index (χ1n) is 8.89. The van der Waals surface area contributed by atoms with E-state index in [1.165, 1.54) is 0 Å². The maximum Gasteiger partial charge on any atom is 0.537 e. The highest BCUT2D eigenvalue weighted by atomic mass is 32.1. The van der Waals surface area contributed by atoms with Crippen molar-refractivity contribution in [1.82, 2.24) is 0 Å². The molecule has 0 saturated carbocycles. The topological polar surface area (TPSA) is 27.7 Å². The molecule has 1 aromatic rings. The zero-order valence-corrected chi connectivity index (χ0v) is 16.7. The lowest BCUT2D eigenvalue weighted by Gasteiger charge is -2.30. The fourth-order valence-corrected chi connectivity index (χ4v) is 4.81. The summed E-state index contributed by atoms with van der Waals surface area (Å²) < 4.78 is 18.8. The van der Waals surface area contributed by atoms with Crippen molar-refractivity contribution in [3.05, 3.63) is 24.3 Å². The van der Waals surface area contributed by atoms with Crippen molar-refractivity contribution in [3.63, 3.8) is 0 Å². The fourth-order valence-electron chi connectivity index (χ4n) is 2.09. The van der Waals surface area contributed by atoms with E-state index in [-0.39, 0.29) is 0 Å². The van der Waals surface area contributed by atoms with Crippen LogP contribution in [0.4, 0.5) is 0 Å². The van der Waals surface area contributed by atoms with Crippen LogP contribution in [0.3, 0.4) is 0 Å². The maximum atomic E-state index is 6.26. The van der Waals surface area contributed by atoms with Crippen molar-refractivity contribution in [1.29, 1.82) is 0 Å². The highest BCUT2D eigenvalue weighted by Gasteiger charge is 2.43. The quantitative estimate of drug-likeness (QED) is 0.319. The minimum atomic E-state index is -2.84. The molecule has 0 heterocycles. The van der Waals surface area contributed by atoms with E-state index in [4.69, 9.17) is 13.3 Å². The molecule has 0 saturated heterocycles. The third kappa shape index (κ3) is 7.39. The van der Waals surface area contributed by atoms with Gasteiger partial charge in [-0.1, -0.05) is 52.2 Å². The Hall–Kier alpha value is -0.333. The van der Waals surface area contributed by atoms with Gasteiger partial charge in [-0.25, -0.2) is 0 Å². The summed E-state index contributed by atoms with van der Waals surface area (Å²) in [5, 5.41) is 1.04. The predicted octanol–water partition coefficient (Wildman–Crippen LogP) is 4.57. The Morgan fingerprint density at radius 2 is 1.13 bits per heavy atom. The minimum absolute atomic E-state index is 0.684. The van der Waals surface area contributed by atoms with E-state index in [9.17, 15) is 0 Å². The highest BCUT2D eigenvalue weighted by Crippen LogP contribution is 2.15. The summed E-state index contributed by atoms with van der Waals surface area (Å²) in [5.74, 6) is 0. The molecule has 0 atom stereocenters. The van der Waals surface area contributed by atoms with Gasteiger partial charge in [0.2, 0.25) is 0 Å². The smallest absolute Gasteiger partial charge is 0.370 e. The summed E-state index contributed by atoms with van der Waals surface area (Å²) in [5.41, 5.74) is 0. The first-order valence-corrected chi connectivity index (χ1v) is 11.1. The van der Waals surface area contributed by atoms with E-state index in [1.807, 2.05) is 24.3 Å². The van der Waals surface area contributed by atoms with Crippen molar-refractivity contribution in [2.75, 3.05) is 19.8 Å². The summed E-state index contributed by atoms with van der Waals surface area (Å²) in [6, 6.07) is 8.04. The summed E-state index contributed by atoms with van der Waals surface area (Å²) in [4.78, 5) is 0.937. The number of benzene rings is 1. The minimum Gasteiger partial charge on any atom is -0.370 e. The third-order valence-electron chi connectivity index (χ3n) is 3.59. The van der Waals surface area contributed by atoms with Crippen LogP contribution in [0.2, 0.25) is 0 Å². The summed E-state index contributed by atoms with van der Waals surface area (Å²) >= 11 is 4.38. The number of rotatable bonds is 13. The molecule has 0 spiro atoms. The van der Waals surface area contributed by atoms with Crippen molar-refractivity contribution < 1.29 is 13.3 Å². The van der Waals surface area contributed by atoms with Crippen LogP contribution in [0.15, 0.2) is 29.2 Å². The molecule has 0 aromatic heterocycles. The van der Waals surface area contributed by atoms with Crippen LogP contribution in [0.5, 0.6) is 0 Å². The Morgan fingerprint density at radius 1 is 0.739 bits per heavy atom. The van der Waals surface area contributed by atoms with Gasteiger partial charge in [-0.05, 0) is 31.4 Å². The van der Waals surface area contributed by atoms with Crippen LogP contribution >= 0.6 is 12.6 Å². The molecule has 0 radical (unpaired) electrons. The molecule has 0 aliphatic rings. The van der Waals surface area contributed by atoms with Gasteiger partial charge < -0.3 is 13.3 Å². The van der Waals surface area contributed by atoms with E-state index in [2.05, 4.69) is 33.4 Å². The van der Waals surface area contributed by atoms with Gasteiger partial charge in [0.25, 0.3) is 0 Å². The second-order valence-corrected chi connectivity index (χ2v) is 8.78. The molecule has 1 rings (SSSR count). The van der Waals surface area contributed by atoms with Crippen LogP contribution in [-0.2, 0) is 13.3 Å². The SMILES string of the molecule is CCCCO[Si](OCCCC)(OCCCC)c1ccc(S)cc1. The summed E-state index contributed by atoms with van der Waals surface area (Å²) in [6.45, 7) is 8.55. The molecule has 0 fully saturated rings. The molecule has 0 bridgehead atoms. The van der Waals surface area contributed by atoms with Crippen LogP contribution in [0.1, 0.15) is 59.3 Å². The molecule has 1 aromatic carbocycles. The third-order valence-corrected chi connectivity index (χ3v) is 6.68. The fraction of sp³-hybridized carbons (Fsp3) is 0.667. The van der Waals surface area contributed by atoms with Gasteiger partial charge in [0.1, 0.15) is 0 Å².